The van der Waals surface area contributed by atoms with Crippen molar-refractivity contribution in [2.75, 3.05) is 0 Å². The molecule has 4 unspecified atom stereocenters. The summed E-state index contributed by atoms with van der Waals surface area (Å²) in [6, 6.07) is -0.175. The van der Waals surface area contributed by atoms with Gasteiger partial charge in [-0.25, -0.2) is 0 Å². The van der Waals surface area contributed by atoms with Crippen LogP contribution in [0.25, 0.3) is 0 Å². The monoisotopic (exact) mass is 266 g/mol. The molecule has 110 valence electrons. The van der Waals surface area contributed by atoms with E-state index in [0.29, 0.717) is 0 Å². The van der Waals surface area contributed by atoms with Crippen molar-refractivity contribution in [1.29, 1.82) is 0 Å². The van der Waals surface area contributed by atoms with Gasteiger partial charge in [-0.3, -0.25) is 4.79 Å². The molecule has 19 heavy (non-hydrogen) atoms. The number of amides is 1. The Bertz CT molecular complexity index is 378. The van der Waals surface area contributed by atoms with Crippen molar-refractivity contribution in [1.82, 2.24) is 5.32 Å². The molecule has 2 bridgehead atoms. The molecule has 2 aliphatic carbocycles. The molecule has 2 saturated carbocycles. The van der Waals surface area contributed by atoms with Crippen LogP contribution in [0.15, 0.2) is 0 Å². The van der Waals surface area contributed by atoms with Crippen molar-refractivity contribution in [3.8, 4) is 0 Å². The predicted molar refractivity (Wildman–Crippen MR) is 78.6 cm³/mol. The Hall–Kier alpha value is -0.570. The quantitative estimate of drug-likeness (QED) is 0.807. The Morgan fingerprint density at radius 1 is 1.32 bits per heavy atom. The number of rotatable bonds is 2. The first kappa shape index (κ1) is 14.8. The third kappa shape index (κ3) is 2.31. The zero-order valence-corrected chi connectivity index (χ0v) is 13.3. The number of nitrogens with two attached hydrogens (primary N) is 1. The summed E-state index contributed by atoms with van der Waals surface area (Å²) in [6.45, 7) is 13.0. The van der Waals surface area contributed by atoms with Crippen LogP contribution in [0.3, 0.4) is 0 Å². The number of carbonyl (C=O) groups excluding carboxylic acids is 1. The highest BCUT2D eigenvalue weighted by Gasteiger charge is 2.59. The lowest BCUT2D eigenvalue weighted by atomic mass is 9.68. The molecule has 1 amide bonds. The van der Waals surface area contributed by atoms with Crippen LogP contribution in [0.4, 0.5) is 0 Å². The maximum atomic E-state index is 12.4. The second-order valence-electron chi connectivity index (χ2n) is 8.70. The van der Waals surface area contributed by atoms with Gasteiger partial charge in [-0.1, -0.05) is 41.5 Å². The van der Waals surface area contributed by atoms with Crippen molar-refractivity contribution in [3.05, 3.63) is 0 Å². The fraction of sp³-hybridized carbons (Fsp3) is 0.938. The summed E-state index contributed by atoms with van der Waals surface area (Å²) < 4.78 is 0. The van der Waals surface area contributed by atoms with E-state index in [4.69, 9.17) is 5.73 Å². The normalized spacial score (nSPS) is 38.3. The number of fused-ring (bicyclic) bond motifs is 2. The number of carbonyl (C=O) groups is 1. The van der Waals surface area contributed by atoms with Crippen molar-refractivity contribution >= 4 is 5.91 Å². The van der Waals surface area contributed by atoms with Crippen molar-refractivity contribution in [2.24, 2.45) is 27.9 Å². The second kappa shape index (κ2) is 4.21. The summed E-state index contributed by atoms with van der Waals surface area (Å²) in [7, 11) is 0. The van der Waals surface area contributed by atoms with Crippen LogP contribution in [0.5, 0.6) is 0 Å². The Balaban J connectivity index is 2.13. The van der Waals surface area contributed by atoms with Crippen molar-refractivity contribution in [2.45, 2.75) is 72.9 Å². The highest BCUT2D eigenvalue weighted by Crippen LogP contribution is 2.62. The van der Waals surface area contributed by atoms with E-state index in [1.807, 2.05) is 20.8 Å². The Morgan fingerprint density at radius 3 is 2.32 bits per heavy atom. The van der Waals surface area contributed by atoms with Gasteiger partial charge in [0.15, 0.2) is 0 Å². The minimum Gasteiger partial charge on any atom is -0.351 e. The standard InChI is InChI=1S/C16H30N2O/c1-14(2,3)11(17)12(19)18-13-15(4,5)10-7-8-16(13,6)9-10/h10-11,13H,7-9,17H2,1-6H3,(H,18,19). The van der Waals surface area contributed by atoms with Gasteiger partial charge >= 0.3 is 0 Å². The van der Waals surface area contributed by atoms with Gasteiger partial charge in [0.25, 0.3) is 0 Å². The fourth-order valence-corrected chi connectivity index (χ4v) is 4.29. The zero-order valence-electron chi connectivity index (χ0n) is 13.3. The van der Waals surface area contributed by atoms with Gasteiger partial charge in [0.1, 0.15) is 0 Å². The van der Waals surface area contributed by atoms with E-state index in [9.17, 15) is 4.79 Å². The molecule has 3 heteroatoms. The van der Waals surface area contributed by atoms with Crippen LogP contribution in [-0.4, -0.2) is 18.0 Å². The molecule has 0 aliphatic heterocycles. The molecule has 2 rings (SSSR count). The Kier molecular flexibility index (Phi) is 3.29. The van der Waals surface area contributed by atoms with Gasteiger partial charge in [-0.15, -0.1) is 0 Å². The molecular formula is C16H30N2O. The molecule has 2 fully saturated rings. The zero-order chi connectivity index (χ0) is 14.6. The molecule has 3 N–H and O–H groups in total. The lowest BCUT2D eigenvalue weighted by Crippen LogP contribution is -2.58. The van der Waals surface area contributed by atoms with Crippen LogP contribution in [0, 0.1) is 22.2 Å². The van der Waals surface area contributed by atoms with Gasteiger partial charge in [-0.05, 0) is 41.4 Å². The maximum Gasteiger partial charge on any atom is 0.237 e. The first-order valence-corrected chi connectivity index (χ1v) is 7.54. The molecule has 0 heterocycles. The van der Waals surface area contributed by atoms with Gasteiger partial charge < -0.3 is 11.1 Å². The molecule has 0 radical (unpaired) electrons. The summed E-state index contributed by atoms with van der Waals surface area (Å²) in [5, 5.41) is 3.28. The van der Waals surface area contributed by atoms with Crippen LogP contribution in [-0.2, 0) is 4.79 Å². The average molecular weight is 266 g/mol. The topological polar surface area (TPSA) is 55.1 Å². The molecule has 0 aromatic rings. The summed E-state index contributed by atoms with van der Waals surface area (Å²) in [6.07, 6.45) is 3.79. The minimum absolute atomic E-state index is 0.0133. The maximum absolute atomic E-state index is 12.4. The van der Waals surface area contributed by atoms with Crippen LogP contribution in [0.1, 0.15) is 60.8 Å². The third-order valence-electron chi connectivity index (χ3n) is 5.77. The molecule has 4 atom stereocenters. The molecule has 2 aliphatic rings. The van der Waals surface area contributed by atoms with Gasteiger partial charge in [0, 0.05) is 6.04 Å². The number of hydrogen-bond donors (Lipinski definition) is 2. The van der Waals surface area contributed by atoms with Crippen LogP contribution < -0.4 is 11.1 Å². The highest BCUT2D eigenvalue weighted by molar-refractivity contribution is 5.82. The van der Waals surface area contributed by atoms with Gasteiger partial charge in [0.2, 0.25) is 5.91 Å². The van der Waals surface area contributed by atoms with E-state index >= 15 is 0 Å². The third-order valence-corrected chi connectivity index (χ3v) is 5.77. The summed E-state index contributed by atoms with van der Waals surface area (Å²) in [4.78, 5) is 12.4. The van der Waals surface area contributed by atoms with Crippen LogP contribution in [0.2, 0.25) is 0 Å². The van der Waals surface area contributed by atoms with E-state index in [-0.39, 0.29) is 28.2 Å². The van der Waals surface area contributed by atoms with E-state index in [1.165, 1.54) is 19.3 Å². The number of hydrogen-bond acceptors (Lipinski definition) is 2. The first-order valence-electron chi connectivity index (χ1n) is 7.54. The molecule has 0 spiro atoms. The lowest BCUT2D eigenvalue weighted by molar-refractivity contribution is -0.127. The second-order valence-corrected chi connectivity index (χ2v) is 8.70. The Morgan fingerprint density at radius 2 is 1.89 bits per heavy atom. The largest absolute Gasteiger partial charge is 0.351 e. The van der Waals surface area contributed by atoms with Gasteiger partial charge in [-0.2, -0.15) is 0 Å². The van der Waals surface area contributed by atoms with E-state index in [0.717, 1.165) is 5.92 Å². The molecule has 0 aromatic carbocycles. The summed E-state index contributed by atoms with van der Waals surface area (Å²) >= 11 is 0. The molecular weight excluding hydrogens is 236 g/mol. The van der Waals surface area contributed by atoms with Crippen LogP contribution >= 0.6 is 0 Å². The van der Waals surface area contributed by atoms with Gasteiger partial charge in [0.05, 0.1) is 6.04 Å². The summed E-state index contributed by atoms with van der Waals surface area (Å²) in [5.74, 6) is 0.757. The molecule has 0 saturated heterocycles. The minimum atomic E-state index is -0.439. The fourth-order valence-electron chi connectivity index (χ4n) is 4.29. The smallest absolute Gasteiger partial charge is 0.237 e. The van der Waals surface area contributed by atoms with Crippen molar-refractivity contribution in [3.63, 3.8) is 0 Å². The number of nitrogens with one attached hydrogen (secondary N) is 1. The molecule has 0 aromatic heterocycles. The van der Waals surface area contributed by atoms with Crippen molar-refractivity contribution < 1.29 is 4.79 Å². The molecule has 3 nitrogen and oxygen atoms in total. The van der Waals surface area contributed by atoms with E-state index < -0.39 is 6.04 Å². The highest BCUT2D eigenvalue weighted by atomic mass is 16.2. The summed E-state index contributed by atoms with van der Waals surface area (Å²) in [5.41, 5.74) is 6.36. The van der Waals surface area contributed by atoms with E-state index in [1.54, 1.807) is 0 Å². The average Bonchev–Trinajstić information content (AvgIpc) is 2.73. The predicted octanol–water partition coefficient (Wildman–Crippen LogP) is 2.69. The van der Waals surface area contributed by atoms with E-state index in [2.05, 4.69) is 26.1 Å². The lowest BCUT2D eigenvalue weighted by Gasteiger charge is -2.44. The first-order chi connectivity index (χ1) is 8.48. The Labute approximate surface area is 117 Å². The SMILES string of the molecule is CC(C)(C)C(N)C(=O)NC1C2(C)CCC(C2)C1(C)C.